The molecule has 0 saturated heterocycles. The molecule has 22 heavy (non-hydrogen) atoms. The maximum Gasteiger partial charge on any atom is 0.211 e. The van der Waals surface area contributed by atoms with Crippen LogP contribution in [0.25, 0.3) is 0 Å². The molecular formula is C14H12Cl4O4. The van der Waals surface area contributed by atoms with Gasteiger partial charge in [0.2, 0.25) is 5.79 Å². The number of ether oxygens (including phenoxy) is 2. The highest BCUT2D eigenvalue weighted by molar-refractivity contribution is 6.57. The predicted molar refractivity (Wildman–Crippen MR) is 79.7 cm³/mol. The molecule has 0 aromatic heterocycles. The average molecular weight is 386 g/mol. The second kappa shape index (κ2) is 3.13. The highest BCUT2D eigenvalue weighted by atomic mass is 35.5. The molecule has 4 nitrogen and oxygen atoms in total. The summed E-state index contributed by atoms with van der Waals surface area (Å²) in [5.41, 5.74) is -1.13. The Bertz CT molecular complexity index is 709. The molecule has 0 aromatic rings. The number of alkyl halides is 4. The zero-order chi connectivity index (χ0) is 16.3. The fraction of sp³-hybridized carbons (Fsp3) is 0.857. The van der Waals surface area contributed by atoms with Gasteiger partial charge in [-0.15, -0.1) is 46.4 Å². The van der Waals surface area contributed by atoms with Crippen LogP contribution in [0.2, 0.25) is 0 Å². The van der Waals surface area contributed by atoms with Crippen LogP contribution in [-0.2, 0) is 19.1 Å². The Kier molecular flexibility index (Phi) is 2.10. The molecule has 0 unspecified atom stereocenters. The molecule has 0 radical (unpaired) electrons. The van der Waals surface area contributed by atoms with Gasteiger partial charge >= 0.3 is 0 Å². The Hall–Kier alpha value is 0.420. The SMILES string of the molecule is COC1(OC)[C@@]2(Cl)[C@@H]3C(=O)[C@H]4[C@@]2(Cl)[C@]2(Cl)[C@@]4(C)C(=O)[C@@H]3[C@]12Cl. The number of methoxy groups -OCH3 is 2. The molecule has 5 fully saturated rings. The van der Waals surface area contributed by atoms with E-state index in [0.29, 0.717) is 0 Å². The molecule has 5 saturated carbocycles. The summed E-state index contributed by atoms with van der Waals surface area (Å²) < 4.78 is 11.3. The van der Waals surface area contributed by atoms with Crippen LogP contribution < -0.4 is 0 Å². The highest BCUT2D eigenvalue weighted by Crippen LogP contribution is 2.98. The van der Waals surface area contributed by atoms with E-state index in [1.807, 2.05) is 0 Å². The van der Waals surface area contributed by atoms with Crippen LogP contribution in [0, 0.1) is 23.2 Å². The van der Waals surface area contributed by atoms with Crippen molar-refractivity contribution in [3.8, 4) is 0 Å². The minimum absolute atomic E-state index is 0.146. The first-order valence-electron chi connectivity index (χ1n) is 6.99. The van der Waals surface area contributed by atoms with E-state index in [0.717, 1.165) is 0 Å². The molecule has 120 valence electrons. The number of hydrogen-bond donors (Lipinski definition) is 0. The second-order valence-corrected chi connectivity index (χ2v) is 9.53. The first-order valence-corrected chi connectivity index (χ1v) is 8.50. The molecule has 0 N–H and O–H groups in total. The molecule has 0 spiro atoms. The maximum absolute atomic E-state index is 13.0. The van der Waals surface area contributed by atoms with Crippen molar-refractivity contribution in [2.45, 2.75) is 32.2 Å². The van der Waals surface area contributed by atoms with E-state index >= 15 is 0 Å². The van der Waals surface area contributed by atoms with E-state index in [1.165, 1.54) is 14.2 Å². The number of carbonyl (C=O) groups is 2. The van der Waals surface area contributed by atoms with Gasteiger partial charge in [0, 0.05) is 14.2 Å². The molecule has 5 aliphatic carbocycles. The van der Waals surface area contributed by atoms with Gasteiger partial charge < -0.3 is 9.47 Å². The topological polar surface area (TPSA) is 52.6 Å². The summed E-state index contributed by atoms with van der Waals surface area (Å²) >= 11 is 27.8. The van der Waals surface area contributed by atoms with Crippen molar-refractivity contribution < 1.29 is 19.1 Å². The molecule has 0 aromatic carbocycles. The van der Waals surface area contributed by atoms with Crippen LogP contribution in [0.1, 0.15) is 6.92 Å². The zero-order valence-electron chi connectivity index (χ0n) is 11.9. The van der Waals surface area contributed by atoms with E-state index in [2.05, 4.69) is 0 Å². The lowest BCUT2D eigenvalue weighted by Crippen LogP contribution is -2.78. The van der Waals surface area contributed by atoms with Gasteiger partial charge in [-0.25, -0.2) is 0 Å². The van der Waals surface area contributed by atoms with E-state index < -0.39 is 48.5 Å². The van der Waals surface area contributed by atoms with Crippen LogP contribution in [0.15, 0.2) is 0 Å². The molecule has 0 amide bonds. The largest absolute Gasteiger partial charge is 0.350 e. The van der Waals surface area contributed by atoms with E-state index in [1.54, 1.807) is 6.92 Å². The van der Waals surface area contributed by atoms with Crippen molar-refractivity contribution in [1.29, 1.82) is 0 Å². The van der Waals surface area contributed by atoms with Gasteiger partial charge in [-0.1, -0.05) is 6.92 Å². The Morgan fingerprint density at radius 2 is 1.45 bits per heavy atom. The van der Waals surface area contributed by atoms with Crippen LogP contribution in [0.4, 0.5) is 0 Å². The Balaban J connectivity index is 2.01. The lowest BCUT2D eigenvalue weighted by molar-refractivity contribution is -0.224. The van der Waals surface area contributed by atoms with E-state index in [4.69, 9.17) is 55.9 Å². The summed E-state index contributed by atoms with van der Waals surface area (Å²) in [6.45, 7) is 1.67. The van der Waals surface area contributed by atoms with Gasteiger partial charge in [-0.05, 0) is 0 Å². The summed E-state index contributed by atoms with van der Waals surface area (Å²) in [6.07, 6.45) is 0. The Labute approximate surface area is 146 Å². The lowest BCUT2D eigenvalue weighted by Gasteiger charge is -2.63. The molecule has 8 atom stereocenters. The number of hydrogen-bond acceptors (Lipinski definition) is 4. The van der Waals surface area contributed by atoms with Gasteiger partial charge in [-0.3, -0.25) is 9.59 Å². The number of carbonyl (C=O) groups excluding carboxylic acids is 2. The number of ketones is 2. The molecular weight excluding hydrogens is 374 g/mol. The number of Topliss-reactive ketones (excluding diaryl/α,β-unsaturated/α-hetero) is 2. The predicted octanol–water partition coefficient (Wildman–Crippen LogP) is 1.95. The smallest absolute Gasteiger partial charge is 0.211 e. The van der Waals surface area contributed by atoms with Crippen molar-refractivity contribution in [3.05, 3.63) is 0 Å². The zero-order valence-corrected chi connectivity index (χ0v) is 14.9. The van der Waals surface area contributed by atoms with Crippen LogP contribution in [0.3, 0.4) is 0 Å². The van der Waals surface area contributed by atoms with E-state index in [9.17, 15) is 9.59 Å². The van der Waals surface area contributed by atoms with Crippen LogP contribution >= 0.6 is 46.4 Å². The van der Waals surface area contributed by atoms with Gasteiger partial charge in [0.05, 0.1) is 23.2 Å². The van der Waals surface area contributed by atoms with Crippen molar-refractivity contribution in [2.24, 2.45) is 23.2 Å². The molecule has 5 rings (SSSR count). The molecule has 0 heterocycles. The minimum Gasteiger partial charge on any atom is -0.350 e. The summed E-state index contributed by atoms with van der Waals surface area (Å²) in [7, 11) is 2.78. The summed E-state index contributed by atoms with van der Waals surface area (Å²) in [5.74, 6) is -4.32. The van der Waals surface area contributed by atoms with Gasteiger partial charge in [0.15, 0.2) is 0 Å². The van der Waals surface area contributed by atoms with Crippen LogP contribution in [-0.4, -0.2) is 51.1 Å². The normalized spacial score (nSPS) is 68.2. The molecule has 8 heteroatoms. The first kappa shape index (κ1) is 14.7. The van der Waals surface area contributed by atoms with Crippen molar-refractivity contribution >= 4 is 58.0 Å². The van der Waals surface area contributed by atoms with Crippen molar-refractivity contribution in [2.75, 3.05) is 14.2 Å². The highest BCUT2D eigenvalue weighted by Gasteiger charge is 3.15. The molecule has 5 aliphatic rings. The monoisotopic (exact) mass is 384 g/mol. The summed E-state index contributed by atoms with van der Waals surface area (Å²) in [6, 6.07) is 0. The number of fused-ring (bicyclic) bond motifs is 2. The Morgan fingerprint density at radius 1 is 0.909 bits per heavy atom. The van der Waals surface area contributed by atoms with E-state index in [-0.39, 0.29) is 11.6 Å². The lowest BCUT2D eigenvalue weighted by atomic mass is 9.48. The average Bonchev–Trinajstić information content (AvgIpc) is 2.77. The summed E-state index contributed by atoms with van der Waals surface area (Å²) in [4.78, 5) is 20.3. The maximum atomic E-state index is 13.0. The van der Waals surface area contributed by atoms with Crippen molar-refractivity contribution in [3.63, 3.8) is 0 Å². The first-order chi connectivity index (χ1) is 10.1. The fourth-order valence-corrected chi connectivity index (χ4v) is 10.3. The third-order valence-corrected chi connectivity index (χ3v) is 11.0. The molecule has 0 aliphatic heterocycles. The van der Waals surface area contributed by atoms with Crippen molar-refractivity contribution in [1.82, 2.24) is 0 Å². The standard InChI is InChI=1S/C14H12Cl4O4/c1-9-7-6(19)4-5(8(9)20)11(16)13(9,18)12(7,17)10(4,15)14(11,21-2)22-3/h4-5,7H,1-3H3/t4-,5+,7+,9+,10+,11+,12-,13-/m0/s1. The van der Waals surface area contributed by atoms with Gasteiger partial charge in [0.25, 0.3) is 0 Å². The quantitative estimate of drug-likeness (QED) is 0.538. The molecule has 2 bridgehead atoms. The summed E-state index contributed by atoms with van der Waals surface area (Å²) in [5, 5.41) is 0. The second-order valence-electron chi connectivity index (χ2n) is 7.18. The van der Waals surface area contributed by atoms with Gasteiger partial charge in [0.1, 0.15) is 31.1 Å². The minimum atomic E-state index is -1.60. The Morgan fingerprint density at radius 3 is 1.95 bits per heavy atom. The van der Waals surface area contributed by atoms with Crippen LogP contribution in [0.5, 0.6) is 0 Å². The van der Waals surface area contributed by atoms with Gasteiger partial charge in [-0.2, -0.15) is 0 Å². The number of rotatable bonds is 2. The fourth-order valence-electron chi connectivity index (χ4n) is 6.90. The number of halogens is 4. The third kappa shape index (κ3) is 0.680. The third-order valence-electron chi connectivity index (χ3n) is 7.33.